The van der Waals surface area contributed by atoms with Crippen LogP contribution in [-0.2, 0) is 0 Å². The summed E-state index contributed by atoms with van der Waals surface area (Å²) in [6.07, 6.45) is 7.36. The Morgan fingerprint density at radius 1 is 1.55 bits per heavy atom. The van der Waals surface area contributed by atoms with Gasteiger partial charge in [0, 0.05) is 24.2 Å². The zero-order valence-electron chi connectivity index (χ0n) is 6.06. The van der Waals surface area contributed by atoms with Gasteiger partial charge in [-0.25, -0.2) is 9.97 Å². The zero-order valence-corrected chi connectivity index (χ0v) is 6.88. The molecule has 0 aromatic carbocycles. The first kappa shape index (κ1) is 6.67. The maximum atomic E-state index is 4.19. The predicted molar refractivity (Wildman–Crippen MR) is 45.6 cm³/mol. The number of aromatic nitrogens is 3. The summed E-state index contributed by atoms with van der Waals surface area (Å²) in [5, 5.41) is 0. The highest BCUT2D eigenvalue weighted by atomic mass is 32.2. The molecular formula is C7H7N3S. The van der Waals surface area contributed by atoms with Gasteiger partial charge < -0.3 is 0 Å². The van der Waals surface area contributed by atoms with Crippen molar-refractivity contribution in [3.8, 4) is 11.4 Å². The molecule has 2 aliphatic rings. The maximum Gasteiger partial charge on any atom is 0.152 e. The molecule has 0 N–H and O–H groups in total. The lowest BCUT2D eigenvalue weighted by molar-refractivity contribution is 1.08. The van der Waals surface area contributed by atoms with Crippen LogP contribution in [-0.4, -0.2) is 20.2 Å². The molecule has 0 fully saturated rings. The van der Waals surface area contributed by atoms with Crippen molar-refractivity contribution in [3.05, 3.63) is 24.8 Å². The average molecular weight is 165 g/mol. The minimum Gasteiger partial charge on any atom is -0.258 e. The second kappa shape index (κ2) is 2.54. The zero-order chi connectivity index (χ0) is 7.68. The van der Waals surface area contributed by atoms with E-state index >= 15 is 0 Å². The molecule has 0 spiro atoms. The summed E-state index contributed by atoms with van der Waals surface area (Å²) in [6.45, 7) is 0. The van der Waals surface area contributed by atoms with Gasteiger partial charge >= 0.3 is 0 Å². The van der Waals surface area contributed by atoms with E-state index in [4.69, 9.17) is 0 Å². The number of fused-ring (bicyclic) bond motifs is 1. The highest BCUT2D eigenvalue weighted by molar-refractivity contribution is 7.97. The van der Waals surface area contributed by atoms with E-state index in [1.54, 1.807) is 24.5 Å². The van der Waals surface area contributed by atoms with Gasteiger partial charge in [0.2, 0.25) is 0 Å². The lowest BCUT2D eigenvalue weighted by Gasteiger charge is -2.04. The summed E-state index contributed by atoms with van der Waals surface area (Å²) in [7, 11) is 0. The molecule has 0 aromatic heterocycles. The maximum absolute atomic E-state index is 4.19. The van der Waals surface area contributed by atoms with Gasteiger partial charge in [-0.1, -0.05) is 0 Å². The van der Waals surface area contributed by atoms with Crippen LogP contribution in [0.4, 0.5) is 0 Å². The van der Waals surface area contributed by atoms with Crippen molar-refractivity contribution >= 4 is 11.9 Å². The summed E-state index contributed by atoms with van der Waals surface area (Å²) in [5.74, 6) is 0.979. The Morgan fingerprint density at radius 2 is 2.45 bits per heavy atom. The molecule has 0 atom stereocenters. The molecular weight excluding hydrogens is 158 g/mol. The Labute approximate surface area is 68.9 Å². The highest BCUT2D eigenvalue weighted by Gasteiger charge is 2.05. The summed E-state index contributed by atoms with van der Waals surface area (Å²) in [4.78, 5) is 8.25. The van der Waals surface area contributed by atoms with Crippen LogP contribution in [0, 0.1) is 0 Å². The third-order valence-electron chi connectivity index (χ3n) is 1.50. The van der Waals surface area contributed by atoms with E-state index in [1.165, 1.54) is 0 Å². The lowest BCUT2D eigenvalue weighted by atomic mass is 10.3. The van der Waals surface area contributed by atoms with Crippen LogP contribution >= 0.6 is 11.9 Å². The largest absolute Gasteiger partial charge is 0.258 e. The van der Waals surface area contributed by atoms with Crippen molar-refractivity contribution in [2.75, 3.05) is 6.26 Å². The van der Waals surface area contributed by atoms with Gasteiger partial charge in [-0.3, -0.25) is 3.97 Å². The van der Waals surface area contributed by atoms with E-state index in [9.17, 15) is 0 Å². The molecule has 0 radical (unpaired) electrons. The molecule has 2 aliphatic heterocycles. The Kier molecular flexibility index (Phi) is 1.54. The van der Waals surface area contributed by atoms with Crippen LogP contribution in [0.25, 0.3) is 11.4 Å². The van der Waals surface area contributed by atoms with E-state index in [0.29, 0.717) is 0 Å². The number of hydrogen-bond acceptors (Lipinski definition) is 3. The second-order valence-corrected chi connectivity index (χ2v) is 2.88. The van der Waals surface area contributed by atoms with Crippen LogP contribution in [0.2, 0.25) is 0 Å². The molecule has 0 bridgehead atoms. The Morgan fingerprint density at radius 3 is 3.27 bits per heavy atom. The van der Waals surface area contributed by atoms with Crippen molar-refractivity contribution in [2.45, 2.75) is 0 Å². The Balaban J connectivity index is 2.66. The normalized spacial score (nSPS) is 10.6. The molecule has 0 aromatic rings. The molecule has 3 nitrogen and oxygen atoms in total. The predicted octanol–water partition coefficient (Wildman–Crippen LogP) is 1.51. The third kappa shape index (κ3) is 0.991. The topological polar surface area (TPSA) is 30.7 Å². The minimum atomic E-state index is 0.979. The first-order chi connectivity index (χ1) is 5.42. The van der Waals surface area contributed by atoms with Crippen LogP contribution in [0.3, 0.4) is 0 Å². The molecule has 0 aliphatic carbocycles. The number of rotatable bonds is 1. The van der Waals surface area contributed by atoms with Gasteiger partial charge in [0.25, 0.3) is 0 Å². The monoisotopic (exact) mass is 165 g/mol. The van der Waals surface area contributed by atoms with Crippen molar-refractivity contribution in [2.24, 2.45) is 0 Å². The van der Waals surface area contributed by atoms with E-state index in [1.807, 2.05) is 22.5 Å². The summed E-state index contributed by atoms with van der Waals surface area (Å²) in [6, 6.07) is 1.95. The molecule has 2 rings (SSSR count). The summed E-state index contributed by atoms with van der Waals surface area (Å²) < 4.78 is 1.94. The van der Waals surface area contributed by atoms with Crippen LogP contribution in [0.15, 0.2) is 24.8 Å². The molecule has 2 heterocycles. The molecule has 0 saturated carbocycles. The van der Waals surface area contributed by atoms with Gasteiger partial charge in [-0.15, -0.1) is 0 Å². The Hall–Kier alpha value is -1.03. The van der Waals surface area contributed by atoms with E-state index in [0.717, 1.165) is 11.4 Å². The minimum absolute atomic E-state index is 0.979. The molecule has 11 heavy (non-hydrogen) atoms. The van der Waals surface area contributed by atoms with E-state index < -0.39 is 0 Å². The molecule has 4 heteroatoms. The van der Waals surface area contributed by atoms with E-state index in [2.05, 4.69) is 9.97 Å². The number of hydrogen-bond donors (Lipinski definition) is 0. The van der Waals surface area contributed by atoms with Crippen molar-refractivity contribution in [1.29, 1.82) is 0 Å². The molecule has 0 saturated heterocycles. The average Bonchev–Trinajstić information content (AvgIpc) is 2.50. The van der Waals surface area contributed by atoms with Gasteiger partial charge in [0.05, 0.1) is 0 Å². The van der Waals surface area contributed by atoms with Gasteiger partial charge in [0.1, 0.15) is 6.33 Å². The summed E-state index contributed by atoms with van der Waals surface area (Å²) in [5.41, 5.74) is 1.09. The standard InChI is InChI=1S/C7H7N3S/c1-11-10-5-8-4-6-2-3-9-7(6)10/h2-5H,1H3. The molecule has 56 valence electrons. The molecule has 0 unspecified atom stereocenters. The van der Waals surface area contributed by atoms with E-state index in [-0.39, 0.29) is 0 Å². The Bertz CT molecular complexity index is 331. The van der Waals surface area contributed by atoms with Gasteiger partial charge in [-0.05, 0) is 18.0 Å². The van der Waals surface area contributed by atoms with Crippen molar-refractivity contribution in [3.63, 3.8) is 0 Å². The van der Waals surface area contributed by atoms with Crippen molar-refractivity contribution in [1.82, 2.24) is 13.9 Å². The fourth-order valence-corrected chi connectivity index (χ4v) is 1.46. The first-order valence-electron chi connectivity index (χ1n) is 3.23. The first-order valence-corrected chi connectivity index (χ1v) is 4.41. The van der Waals surface area contributed by atoms with Crippen LogP contribution in [0.1, 0.15) is 0 Å². The number of nitrogens with zero attached hydrogens (tertiary/aromatic N) is 3. The van der Waals surface area contributed by atoms with Gasteiger partial charge in [-0.2, -0.15) is 0 Å². The van der Waals surface area contributed by atoms with Crippen LogP contribution in [0.5, 0.6) is 0 Å². The fraction of sp³-hybridized carbons (Fsp3) is 0.143. The quantitative estimate of drug-likeness (QED) is 0.641. The summed E-state index contributed by atoms with van der Waals surface area (Å²) >= 11 is 1.59. The lowest BCUT2D eigenvalue weighted by Crippen LogP contribution is -1.95. The third-order valence-corrected chi connectivity index (χ3v) is 2.16. The second-order valence-electron chi connectivity index (χ2n) is 2.13. The molecule has 0 amide bonds. The highest BCUT2D eigenvalue weighted by Crippen LogP contribution is 2.20. The smallest absolute Gasteiger partial charge is 0.152 e. The SMILES string of the molecule is CSn1cncc2ccnc1-2. The fourth-order valence-electron chi connectivity index (χ4n) is 0.985. The van der Waals surface area contributed by atoms with Gasteiger partial charge in [0.15, 0.2) is 5.82 Å². The van der Waals surface area contributed by atoms with Crippen molar-refractivity contribution < 1.29 is 0 Å². The van der Waals surface area contributed by atoms with Crippen LogP contribution < -0.4 is 0 Å².